The minimum atomic E-state index is -0.185. The molecule has 0 aliphatic heterocycles. The maximum Gasteiger partial charge on any atom is 0.123 e. The third kappa shape index (κ3) is 12.6. The van der Waals surface area contributed by atoms with Gasteiger partial charge < -0.3 is 5.32 Å². The van der Waals surface area contributed by atoms with Gasteiger partial charge in [0.25, 0.3) is 0 Å². The van der Waals surface area contributed by atoms with Crippen molar-refractivity contribution in [1.29, 1.82) is 0 Å². The Bertz CT molecular complexity index is 254. The summed E-state index contributed by atoms with van der Waals surface area (Å²) in [7, 11) is 0. The molecule has 0 saturated heterocycles. The number of halogens is 1. The first kappa shape index (κ1) is 18.1. The van der Waals surface area contributed by atoms with E-state index in [-0.39, 0.29) is 5.82 Å². The van der Waals surface area contributed by atoms with E-state index in [1.54, 1.807) is 18.3 Å². The van der Waals surface area contributed by atoms with Crippen LogP contribution in [0.15, 0.2) is 37.0 Å². The Labute approximate surface area is 106 Å². The first-order valence-corrected chi connectivity index (χ1v) is 6.33. The lowest BCUT2D eigenvalue weighted by molar-refractivity contribution is 0.626. The number of benzene rings is 1. The molecule has 1 rings (SSSR count). The average Bonchev–Trinajstić information content (AvgIpc) is 2.36. The molecule has 0 saturated carbocycles. The summed E-state index contributed by atoms with van der Waals surface area (Å²) in [6, 6.07) is 6.53. The molecular weight excluding hydrogens is 213 g/mol. The molecular formula is C15H26FN. The van der Waals surface area contributed by atoms with Crippen LogP contribution < -0.4 is 5.32 Å². The molecule has 0 aliphatic rings. The fourth-order valence-electron chi connectivity index (χ4n) is 0.970. The lowest BCUT2D eigenvalue weighted by Gasteiger charge is -2.00. The van der Waals surface area contributed by atoms with Gasteiger partial charge in [0.2, 0.25) is 0 Å². The summed E-state index contributed by atoms with van der Waals surface area (Å²) in [5, 5.41) is 2.98. The number of rotatable bonds is 4. The molecule has 2 heteroatoms. The van der Waals surface area contributed by atoms with Crippen LogP contribution in [0.5, 0.6) is 0 Å². The molecule has 1 nitrogen and oxygen atoms in total. The Kier molecular flexibility index (Phi) is 15.6. The smallest absolute Gasteiger partial charge is 0.123 e. The third-order valence-electron chi connectivity index (χ3n) is 1.62. The van der Waals surface area contributed by atoms with Gasteiger partial charge in [-0.1, -0.05) is 52.8 Å². The topological polar surface area (TPSA) is 12.0 Å². The monoisotopic (exact) mass is 239 g/mol. The van der Waals surface area contributed by atoms with Gasteiger partial charge in [-0.25, -0.2) is 4.39 Å². The minimum Gasteiger partial charge on any atom is -0.391 e. The zero-order chi connectivity index (χ0) is 13.5. The van der Waals surface area contributed by atoms with Crippen molar-refractivity contribution in [3.63, 3.8) is 0 Å². The second kappa shape index (κ2) is 14.7. The molecule has 1 aromatic carbocycles. The largest absolute Gasteiger partial charge is 0.391 e. The highest BCUT2D eigenvalue weighted by atomic mass is 19.1. The van der Waals surface area contributed by atoms with Crippen LogP contribution in [0, 0.1) is 5.82 Å². The quantitative estimate of drug-likeness (QED) is 0.760. The van der Waals surface area contributed by atoms with Crippen LogP contribution >= 0.6 is 0 Å². The summed E-state index contributed by atoms with van der Waals surface area (Å²) in [6.07, 6.45) is 3.80. The van der Waals surface area contributed by atoms with Gasteiger partial charge in [-0.05, 0) is 30.3 Å². The van der Waals surface area contributed by atoms with Crippen molar-refractivity contribution in [2.75, 3.05) is 6.54 Å². The highest BCUT2D eigenvalue weighted by Gasteiger charge is 1.91. The molecule has 0 aromatic heterocycles. The van der Waals surface area contributed by atoms with Crippen LogP contribution in [0.3, 0.4) is 0 Å². The van der Waals surface area contributed by atoms with Gasteiger partial charge in [-0.2, -0.15) is 0 Å². The molecule has 0 unspecified atom stereocenters. The van der Waals surface area contributed by atoms with Gasteiger partial charge >= 0.3 is 0 Å². The summed E-state index contributed by atoms with van der Waals surface area (Å²) in [5.41, 5.74) is 1.13. The van der Waals surface area contributed by atoms with Gasteiger partial charge in [0, 0.05) is 6.54 Å². The van der Waals surface area contributed by atoms with Crippen molar-refractivity contribution in [3.05, 3.63) is 48.4 Å². The first-order chi connectivity index (χ1) is 8.24. The first-order valence-electron chi connectivity index (χ1n) is 6.33. The van der Waals surface area contributed by atoms with E-state index in [0.717, 1.165) is 18.5 Å². The van der Waals surface area contributed by atoms with E-state index >= 15 is 0 Å². The van der Waals surface area contributed by atoms with Crippen LogP contribution in [0.25, 0.3) is 0 Å². The van der Waals surface area contributed by atoms with Crippen molar-refractivity contribution in [3.8, 4) is 0 Å². The van der Waals surface area contributed by atoms with Crippen molar-refractivity contribution < 1.29 is 4.39 Å². The van der Waals surface area contributed by atoms with Gasteiger partial charge in [-0.3, -0.25) is 0 Å². The Morgan fingerprint density at radius 2 is 1.65 bits per heavy atom. The van der Waals surface area contributed by atoms with E-state index in [0.29, 0.717) is 0 Å². The normalized spacial score (nSPS) is 8.06. The molecule has 17 heavy (non-hydrogen) atoms. The van der Waals surface area contributed by atoms with E-state index in [1.807, 2.05) is 13.8 Å². The summed E-state index contributed by atoms with van der Waals surface area (Å²) < 4.78 is 12.4. The van der Waals surface area contributed by atoms with Gasteiger partial charge in [0.05, 0.1) is 0 Å². The average molecular weight is 239 g/mol. The maximum absolute atomic E-state index is 12.4. The Morgan fingerprint density at radius 1 is 1.18 bits per heavy atom. The molecule has 0 spiro atoms. The van der Waals surface area contributed by atoms with Gasteiger partial charge in [0.15, 0.2) is 0 Å². The SMILES string of the molecule is C=CNCCc1ccc(F)cc1.CC.CCC. The standard InChI is InChI=1S/C10H12FN.C3H8.C2H6/c1-2-12-8-7-9-3-5-10(11)6-4-9;1-3-2;1-2/h2-6,12H,1,7-8H2;3H2,1-2H3;1-2H3. The predicted octanol–water partition coefficient (Wildman–Crippen LogP) is 4.54. The third-order valence-corrected chi connectivity index (χ3v) is 1.62. The molecule has 0 heterocycles. The molecule has 0 radical (unpaired) electrons. The summed E-state index contributed by atoms with van der Waals surface area (Å²) in [4.78, 5) is 0. The predicted molar refractivity (Wildman–Crippen MR) is 75.6 cm³/mol. The Balaban J connectivity index is 0. The van der Waals surface area contributed by atoms with Crippen molar-refractivity contribution >= 4 is 0 Å². The van der Waals surface area contributed by atoms with E-state index in [4.69, 9.17) is 0 Å². The van der Waals surface area contributed by atoms with Gasteiger partial charge in [-0.15, -0.1) is 0 Å². The molecule has 0 fully saturated rings. The second-order valence-corrected chi connectivity index (χ2v) is 3.24. The van der Waals surface area contributed by atoms with Crippen LogP contribution in [-0.2, 0) is 6.42 Å². The van der Waals surface area contributed by atoms with Crippen molar-refractivity contribution in [1.82, 2.24) is 5.32 Å². The molecule has 0 bridgehead atoms. The molecule has 0 amide bonds. The molecule has 1 aromatic rings. The Morgan fingerprint density at radius 3 is 2.06 bits per heavy atom. The zero-order valence-electron chi connectivity index (χ0n) is 11.6. The molecule has 1 N–H and O–H groups in total. The highest BCUT2D eigenvalue weighted by Crippen LogP contribution is 2.02. The number of hydrogen-bond donors (Lipinski definition) is 1. The Hall–Kier alpha value is -1.31. The van der Waals surface area contributed by atoms with E-state index in [1.165, 1.54) is 18.6 Å². The molecule has 98 valence electrons. The van der Waals surface area contributed by atoms with Crippen LogP contribution in [0.2, 0.25) is 0 Å². The summed E-state index contributed by atoms with van der Waals surface area (Å²) in [6.45, 7) is 12.6. The second-order valence-electron chi connectivity index (χ2n) is 3.24. The highest BCUT2D eigenvalue weighted by molar-refractivity contribution is 5.16. The lowest BCUT2D eigenvalue weighted by Crippen LogP contribution is -2.08. The number of hydrogen-bond acceptors (Lipinski definition) is 1. The molecule has 0 aliphatic carbocycles. The molecule has 0 atom stereocenters. The zero-order valence-corrected chi connectivity index (χ0v) is 11.6. The minimum absolute atomic E-state index is 0.185. The number of nitrogens with one attached hydrogen (secondary N) is 1. The van der Waals surface area contributed by atoms with Crippen LogP contribution in [-0.4, -0.2) is 6.54 Å². The van der Waals surface area contributed by atoms with Crippen LogP contribution in [0.1, 0.15) is 39.7 Å². The fourth-order valence-corrected chi connectivity index (χ4v) is 0.970. The van der Waals surface area contributed by atoms with Gasteiger partial charge in [0.1, 0.15) is 5.82 Å². The maximum atomic E-state index is 12.4. The summed E-state index contributed by atoms with van der Waals surface area (Å²) in [5.74, 6) is -0.185. The van der Waals surface area contributed by atoms with Crippen LogP contribution in [0.4, 0.5) is 4.39 Å². The lowest BCUT2D eigenvalue weighted by atomic mass is 10.1. The van der Waals surface area contributed by atoms with Crippen molar-refractivity contribution in [2.24, 2.45) is 0 Å². The van der Waals surface area contributed by atoms with E-state index in [2.05, 4.69) is 25.7 Å². The van der Waals surface area contributed by atoms with Crippen molar-refractivity contribution in [2.45, 2.75) is 40.5 Å². The summed E-state index contributed by atoms with van der Waals surface area (Å²) >= 11 is 0. The fraction of sp³-hybridized carbons (Fsp3) is 0.467. The van der Waals surface area contributed by atoms with E-state index < -0.39 is 0 Å². The van der Waals surface area contributed by atoms with E-state index in [9.17, 15) is 4.39 Å².